The van der Waals surface area contributed by atoms with Crippen molar-refractivity contribution < 1.29 is 9.53 Å². The number of hydrogen-bond acceptors (Lipinski definition) is 4. The highest BCUT2D eigenvalue weighted by atomic mass is 32.2. The molecule has 1 aromatic heterocycles. The number of carbonyl (C=O) groups is 1. The molecule has 0 amide bonds. The van der Waals surface area contributed by atoms with Crippen LogP contribution in [0.2, 0.25) is 0 Å². The number of rotatable bonds is 4. The fourth-order valence-electron chi connectivity index (χ4n) is 1.11. The van der Waals surface area contributed by atoms with Gasteiger partial charge in [-0.25, -0.2) is 0 Å². The van der Waals surface area contributed by atoms with E-state index in [1.807, 2.05) is 26.0 Å². The average molecular weight is 225 g/mol. The first kappa shape index (κ1) is 12.0. The van der Waals surface area contributed by atoms with Crippen LogP contribution in [0.3, 0.4) is 0 Å². The van der Waals surface area contributed by atoms with Crippen molar-refractivity contribution in [3.05, 3.63) is 29.6 Å². The number of thioether (sulfide) groups is 1. The van der Waals surface area contributed by atoms with Crippen molar-refractivity contribution in [1.29, 1.82) is 0 Å². The Morgan fingerprint density at radius 3 is 3.00 bits per heavy atom. The molecule has 0 saturated heterocycles. The Bertz CT molecular complexity index is 341. The van der Waals surface area contributed by atoms with Crippen LogP contribution in [0.1, 0.15) is 18.2 Å². The molecule has 0 spiro atoms. The SMILES string of the molecule is COC(=O)C(C)SCc1ncccc1C. The molecule has 0 aliphatic heterocycles. The summed E-state index contributed by atoms with van der Waals surface area (Å²) in [5.74, 6) is 0.553. The number of esters is 1. The Labute approximate surface area is 94.2 Å². The fourth-order valence-corrected chi connectivity index (χ4v) is 2.05. The van der Waals surface area contributed by atoms with Gasteiger partial charge in [-0.3, -0.25) is 9.78 Å². The lowest BCUT2D eigenvalue weighted by Gasteiger charge is -2.09. The summed E-state index contributed by atoms with van der Waals surface area (Å²) in [7, 11) is 1.41. The molecule has 0 bridgehead atoms. The molecule has 0 saturated carbocycles. The van der Waals surface area contributed by atoms with Crippen LogP contribution in [0, 0.1) is 6.92 Å². The van der Waals surface area contributed by atoms with Crippen LogP contribution in [-0.4, -0.2) is 23.3 Å². The molecule has 1 heterocycles. The normalized spacial score (nSPS) is 12.2. The van der Waals surface area contributed by atoms with E-state index in [0.717, 1.165) is 17.0 Å². The smallest absolute Gasteiger partial charge is 0.318 e. The molecular formula is C11H15NO2S. The third kappa shape index (κ3) is 3.55. The van der Waals surface area contributed by atoms with Gasteiger partial charge in [0.25, 0.3) is 0 Å². The molecule has 82 valence electrons. The van der Waals surface area contributed by atoms with E-state index in [0.29, 0.717) is 0 Å². The highest BCUT2D eigenvalue weighted by molar-refractivity contribution is 7.99. The molecule has 15 heavy (non-hydrogen) atoms. The summed E-state index contributed by atoms with van der Waals surface area (Å²) < 4.78 is 4.65. The van der Waals surface area contributed by atoms with Crippen LogP contribution >= 0.6 is 11.8 Å². The summed E-state index contributed by atoms with van der Waals surface area (Å²) in [6.45, 7) is 3.86. The highest BCUT2D eigenvalue weighted by Gasteiger charge is 2.13. The van der Waals surface area contributed by atoms with Gasteiger partial charge in [-0.1, -0.05) is 6.07 Å². The van der Waals surface area contributed by atoms with E-state index in [1.54, 1.807) is 6.20 Å². The number of methoxy groups -OCH3 is 1. The van der Waals surface area contributed by atoms with E-state index in [1.165, 1.54) is 18.9 Å². The number of pyridine rings is 1. The monoisotopic (exact) mass is 225 g/mol. The van der Waals surface area contributed by atoms with E-state index in [4.69, 9.17) is 0 Å². The van der Waals surface area contributed by atoms with Crippen molar-refractivity contribution in [2.75, 3.05) is 7.11 Å². The summed E-state index contributed by atoms with van der Waals surface area (Å²) in [6.07, 6.45) is 1.77. The van der Waals surface area contributed by atoms with Crippen LogP contribution in [0.4, 0.5) is 0 Å². The second-order valence-corrected chi connectivity index (χ2v) is 4.57. The van der Waals surface area contributed by atoms with Crippen LogP contribution in [0.15, 0.2) is 18.3 Å². The van der Waals surface area contributed by atoms with E-state index in [-0.39, 0.29) is 11.2 Å². The summed E-state index contributed by atoms with van der Waals surface area (Å²) in [5.41, 5.74) is 2.18. The predicted molar refractivity (Wildman–Crippen MR) is 61.7 cm³/mol. The summed E-state index contributed by atoms with van der Waals surface area (Å²) in [4.78, 5) is 15.4. The van der Waals surface area contributed by atoms with E-state index < -0.39 is 0 Å². The maximum Gasteiger partial charge on any atom is 0.318 e. The van der Waals surface area contributed by atoms with Crippen molar-refractivity contribution >= 4 is 17.7 Å². The van der Waals surface area contributed by atoms with Gasteiger partial charge in [-0.05, 0) is 25.5 Å². The molecule has 1 atom stereocenters. The zero-order valence-corrected chi connectivity index (χ0v) is 10.0. The minimum absolute atomic E-state index is 0.142. The Morgan fingerprint density at radius 1 is 1.67 bits per heavy atom. The fraction of sp³-hybridized carbons (Fsp3) is 0.455. The molecule has 0 radical (unpaired) electrons. The zero-order valence-electron chi connectivity index (χ0n) is 9.19. The van der Waals surface area contributed by atoms with Crippen molar-refractivity contribution in [3.8, 4) is 0 Å². The number of aryl methyl sites for hydroxylation is 1. The third-order valence-electron chi connectivity index (χ3n) is 2.12. The van der Waals surface area contributed by atoms with Gasteiger partial charge in [-0.2, -0.15) is 0 Å². The summed E-state index contributed by atoms with van der Waals surface area (Å²) in [6, 6.07) is 3.93. The van der Waals surface area contributed by atoms with E-state index >= 15 is 0 Å². The molecule has 0 N–H and O–H groups in total. The lowest BCUT2D eigenvalue weighted by atomic mass is 10.2. The lowest BCUT2D eigenvalue weighted by Crippen LogP contribution is -2.15. The molecule has 1 aromatic rings. The Hall–Kier alpha value is -1.03. The van der Waals surface area contributed by atoms with Gasteiger partial charge in [0, 0.05) is 11.9 Å². The van der Waals surface area contributed by atoms with Gasteiger partial charge in [0.2, 0.25) is 0 Å². The molecule has 0 fully saturated rings. The molecule has 3 nitrogen and oxygen atoms in total. The summed E-state index contributed by atoms with van der Waals surface area (Å²) in [5, 5.41) is -0.142. The molecular weight excluding hydrogens is 210 g/mol. The van der Waals surface area contributed by atoms with Crippen molar-refractivity contribution in [2.45, 2.75) is 24.9 Å². The Kier molecular flexibility index (Phi) is 4.62. The second kappa shape index (κ2) is 5.75. The van der Waals surface area contributed by atoms with Crippen LogP contribution in [0.25, 0.3) is 0 Å². The Morgan fingerprint density at radius 2 is 2.40 bits per heavy atom. The second-order valence-electron chi connectivity index (χ2n) is 3.24. The lowest BCUT2D eigenvalue weighted by molar-refractivity contribution is -0.139. The van der Waals surface area contributed by atoms with E-state index in [9.17, 15) is 4.79 Å². The molecule has 0 aromatic carbocycles. The van der Waals surface area contributed by atoms with E-state index in [2.05, 4.69) is 9.72 Å². The van der Waals surface area contributed by atoms with Gasteiger partial charge < -0.3 is 4.74 Å². The minimum Gasteiger partial charge on any atom is -0.468 e. The summed E-state index contributed by atoms with van der Waals surface area (Å²) >= 11 is 1.54. The zero-order chi connectivity index (χ0) is 11.3. The molecule has 0 aliphatic carbocycles. The maximum absolute atomic E-state index is 11.2. The van der Waals surface area contributed by atoms with Crippen molar-refractivity contribution in [1.82, 2.24) is 4.98 Å². The van der Waals surface area contributed by atoms with Gasteiger partial charge in [0.1, 0.15) is 0 Å². The van der Waals surface area contributed by atoms with Gasteiger partial charge in [0.15, 0.2) is 0 Å². The van der Waals surface area contributed by atoms with Gasteiger partial charge in [0.05, 0.1) is 18.1 Å². The number of carbonyl (C=O) groups excluding carboxylic acids is 1. The van der Waals surface area contributed by atoms with Crippen molar-refractivity contribution in [2.24, 2.45) is 0 Å². The standard InChI is InChI=1S/C11H15NO2S/c1-8-5-4-6-12-10(8)7-15-9(2)11(13)14-3/h4-6,9H,7H2,1-3H3. The first-order valence-corrected chi connectivity index (χ1v) is 5.80. The maximum atomic E-state index is 11.2. The topological polar surface area (TPSA) is 39.2 Å². The predicted octanol–water partition coefficient (Wildman–Crippen LogP) is 2.18. The Balaban J connectivity index is 2.50. The number of nitrogens with zero attached hydrogens (tertiary/aromatic N) is 1. The molecule has 1 rings (SSSR count). The first-order valence-electron chi connectivity index (χ1n) is 4.75. The largest absolute Gasteiger partial charge is 0.468 e. The van der Waals surface area contributed by atoms with Gasteiger partial charge >= 0.3 is 5.97 Å². The van der Waals surface area contributed by atoms with Crippen LogP contribution < -0.4 is 0 Å². The van der Waals surface area contributed by atoms with Crippen LogP contribution in [0.5, 0.6) is 0 Å². The number of hydrogen-bond donors (Lipinski definition) is 0. The molecule has 0 aliphatic rings. The van der Waals surface area contributed by atoms with Gasteiger partial charge in [-0.15, -0.1) is 11.8 Å². The number of ether oxygens (including phenoxy) is 1. The van der Waals surface area contributed by atoms with Crippen LogP contribution in [-0.2, 0) is 15.3 Å². The third-order valence-corrected chi connectivity index (χ3v) is 3.25. The average Bonchev–Trinajstić information content (AvgIpc) is 2.26. The quantitative estimate of drug-likeness (QED) is 0.736. The molecule has 4 heteroatoms. The minimum atomic E-state index is -0.186. The number of aromatic nitrogens is 1. The highest BCUT2D eigenvalue weighted by Crippen LogP contribution is 2.18. The first-order chi connectivity index (χ1) is 7.15. The molecule has 1 unspecified atom stereocenters. The van der Waals surface area contributed by atoms with Crippen molar-refractivity contribution in [3.63, 3.8) is 0 Å².